The Kier molecular flexibility index (Phi) is 18.1. The zero-order chi connectivity index (χ0) is 19.2. The Hall–Kier alpha value is -1.48. The van der Waals surface area contributed by atoms with Crippen molar-refractivity contribution in [2.24, 2.45) is 5.41 Å². The molecule has 0 aromatic heterocycles. The standard InChI is InChI=1S/C8H7NO.C5H12.C4H5NO2.C2H6.W/c10-8-7-4-2-1-3-6(7)5-9-8;1-5(2,3)4;1-2-4(7)5-3-6;1-2;/h1-4H,5H2,(H,9,10);1-4H3;1-2H2,(H,5,6,7);1-2H3;/q;;-2;;/p-1. The van der Waals surface area contributed by atoms with Crippen LogP contribution in [0.4, 0.5) is 0 Å². The number of nitrogens with one attached hydrogen (secondary N) is 1. The molecule has 0 bridgehead atoms. The molecule has 0 radical (unpaired) electrons. The predicted molar refractivity (Wildman–Crippen MR) is 98.1 cm³/mol. The number of hydrogen-bond donors (Lipinski definition) is 1. The minimum absolute atomic E-state index is 0. The van der Waals surface area contributed by atoms with Crippen LogP contribution in [-0.4, -0.2) is 18.2 Å². The Morgan fingerprint density at radius 2 is 1.72 bits per heavy atom. The zero-order valence-electron chi connectivity index (χ0n) is 16.0. The number of carbonyl (C=O) groups is 2. The molecule has 2 rings (SSSR count). The van der Waals surface area contributed by atoms with Crippen LogP contribution in [0.3, 0.4) is 0 Å². The Morgan fingerprint density at radius 3 is 2.08 bits per heavy atom. The van der Waals surface area contributed by atoms with Crippen LogP contribution in [-0.2, 0) is 37.2 Å². The molecule has 0 unspecified atom stereocenters. The van der Waals surface area contributed by atoms with E-state index in [2.05, 4.69) is 39.9 Å². The van der Waals surface area contributed by atoms with Gasteiger partial charge >= 0.3 is 0 Å². The van der Waals surface area contributed by atoms with E-state index >= 15 is 0 Å². The SMILES string of the molecule is CC.CC(C)(C)C.O=C1[N-]Cc2ccccc21.[CH2-]CC(=O)N[C-]=O.[W]. The third kappa shape index (κ3) is 17.1. The largest absolute Gasteiger partial charge is 0.645 e. The van der Waals surface area contributed by atoms with Crippen LogP contribution < -0.4 is 5.32 Å². The maximum absolute atomic E-state index is 10.9. The first kappa shape index (κ1) is 28.3. The van der Waals surface area contributed by atoms with Crippen molar-refractivity contribution in [2.45, 2.75) is 54.5 Å². The molecular formula is C19H29N2O3W-3. The van der Waals surface area contributed by atoms with Crippen molar-refractivity contribution >= 4 is 18.2 Å². The minimum Gasteiger partial charge on any atom is -0.645 e. The quantitative estimate of drug-likeness (QED) is 0.473. The van der Waals surface area contributed by atoms with Gasteiger partial charge in [0.1, 0.15) is 0 Å². The Balaban J connectivity index is -0.000000288. The summed E-state index contributed by atoms with van der Waals surface area (Å²) in [7, 11) is 0. The maximum atomic E-state index is 10.9. The van der Waals surface area contributed by atoms with Crippen molar-refractivity contribution in [3.8, 4) is 0 Å². The van der Waals surface area contributed by atoms with Crippen LogP contribution in [0, 0.1) is 12.3 Å². The second-order valence-electron chi connectivity index (χ2n) is 6.18. The van der Waals surface area contributed by atoms with Crippen molar-refractivity contribution in [1.82, 2.24) is 5.32 Å². The molecule has 1 aromatic carbocycles. The van der Waals surface area contributed by atoms with Gasteiger partial charge in [-0.05, 0) is 5.41 Å². The first-order chi connectivity index (χ1) is 11.2. The number of fused-ring (bicyclic) bond motifs is 1. The Morgan fingerprint density at radius 1 is 1.24 bits per heavy atom. The average molecular weight is 517 g/mol. The van der Waals surface area contributed by atoms with Gasteiger partial charge < -0.3 is 31.9 Å². The van der Waals surface area contributed by atoms with E-state index in [4.69, 9.17) is 0 Å². The molecule has 0 spiro atoms. The molecular weight excluding hydrogens is 488 g/mol. The van der Waals surface area contributed by atoms with Crippen molar-refractivity contribution in [3.63, 3.8) is 0 Å². The van der Waals surface area contributed by atoms with Gasteiger partial charge in [-0.25, -0.2) is 0 Å². The monoisotopic (exact) mass is 517 g/mol. The molecule has 3 amide bonds. The number of nitrogens with zero attached hydrogens (tertiary/aromatic N) is 1. The van der Waals surface area contributed by atoms with Gasteiger partial charge in [0, 0.05) is 32.5 Å². The summed E-state index contributed by atoms with van der Waals surface area (Å²) in [6, 6.07) is 7.53. The first-order valence-electron chi connectivity index (χ1n) is 7.94. The fourth-order valence-corrected chi connectivity index (χ4v) is 1.23. The van der Waals surface area contributed by atoms with Gasteiger partial charge in [0.25, 0.3) is 0 Å². The fraction of sp³-hybridized carbons (Fsp3) is 0.474. The van der Waals surface area contributed by atoms with E-state index in [0.29, 0.717) is 12.0 Å². The molecule has 1 aliphatic heterocycles. The number of rotatable bonds is 2. The van der Waals surface area contributed by atoms with Crippen LogP contribution in [0.5, 0.6) is 0 Å². The Bertz CT molecular complexity index is 506. The molecule has 6 heteroatoms. The van der Waals surface area contributed by atoms with Gasteiger partial charge in [-0.3, -0.25) is 0 Å². The minimum atomic E-state index is -0.407. The van der Waals surface area contributed by atoms with E-state index in [0.717, 1.165) is 11.1 Å². The van der Waals surface area contributed by atoms with Crippen LogP contribution in [0.1, 0.15) is 63.9 Å². The molecule has 1 aromatic rings. The fourth-order valence-electron chi connectivity index (χ4n) is 1.23. The molecule has 0 atom stereocenters. The summed E-state index contributed by atoms with van der Waals surface area (Å²) in [4.78, 5) is 30.2. The van der Waals surface area contributed by atoms with E-state index in [1.165, 1.54) is 6.41 Å². The number of amides is 3. The summed E-state index contributed by atoms with van der Waals surface area (Å²) in [6.45, 7) is 16.5. The van der Waals surface area contributed by atoms with Crippen molar-refractivity contribution in [1.29, 1.82) is 0 Å². The predicted octanol–water partition coefficient (Wildman–Crippen LogP) is 4.18. The third-order valence-electron chi connectivity index (χ3n) is 2.06. The summed E-state index contributed by atoms with van der Waals surface area (Å²) in [6.07, 6.45) is 1.31. The van der Waals surface area contributed by atoms with Gasteiger partial charge in [-0.1, -0.05) is 71.4 Å². The number of hydrogen-bond acceptors (Lipinski definition) is 3. The van der Waals surface area contributed by atoms with E-state index in [1.54, 1.807) is 5.32 Å². The van der Waals surface area contributed by atoms with E-state index in [1.807, 2.05) is 38.1 Å². The summed E-state index contributed by atoms with van der Waals surface area (Å²) < 4.78 is 0. The zero-order valence-corrected chi connectivity index (χ0v) is 18.9. The van der Waals surface area contributed by atoms with Crippen LogP contribution in [0.15, 0.2) is 24.3 Å². The molecule has 1 heterocycles. The van der Waals surface area contributed by atoms with Crippen LogP contribution in [0.25, 0.3) is 5.32 Å². The van der Waals surface area contributed by atoms with Gasteiger partial charge in [0.15, 0.2) is 0 Å². The van der Waals surface area contributed by atoms with Crippen LogP contribution in [0.2, 0.25) is 0 Å². The molecule has 0 saturated heterocycles. The molecule has 142 valence electrons. The van der Waals surface area contributed by atoms with Crippen molar-refractivity contribution < 1.29 is 35.4 Å². The van der Waals surface area contributed by atoms with E-state index in [-0.39, 0.29) is 33.4 Å². The molecule has 25 heavy (non-hydrogen) atoms. The summed E-state index contributed by atoms with van der Waals surface area (Å²) in [5, 5.41) is 5.55. The summed E-state index contributed by atoms with van der Waals surface area (Å²) >= 11 is 0. The van der Waals surface area contributed by atoms with Gasteiger partial charge in [0.2, 0.25) is 0 Å². The summed E-state index contributed by atoms with van der Waals surface area (Å²) in [5.41, 5.74) is 2.31. The second kappa shape index (κ2) is 16.0. The smallest absolute Gasteiger partial charge is 0.0824 e. The summed E-state index contributed by atoms with van der Waals surface area (Å²) in [5.74, 6) is -0.481. The van der Waals surface area contributed by atoms with Crippen molar-refractivity contribution in [3.05, 3.63) is 47.6 Å². The molecule has 0 aliphatic carbocycles. The van der Waals surface area contributed by atoms with Gasteiger partial charge in [-0.15, -0.1) is 6.54 Å². The number of imide groups is 1. The molecule has 1 N–H and O–H groups in total. The molecule has 1 aliphatic rings. The van der Waals surface area contributed by atoms with E-state index in [9.17, 15) is 14.4 Å². The third-order valence-corrected chi connectivity index (χ3v) is 2.06. The number of benzene rings is 1. The van der Waals surface area contributed by atoms with Crippen LogP contribution >= 0.6 is 0 Å². The number of carbonyl (C=O) groups excluding carboxylic acids is 3. The van der Waals surface area contributed by atoms with E-state index < -0.39 is 5.91 Å². The normalized spacial score (nSPS) is 10.6. The molecule has 5 nitrogen and oxygen atoms in total. The Labute approximate surface area is 166 Å². The first-order valence-corrected chi connectivity index (χ1v) is 7.94. The molecule has 0 saturated carbocycles. The average Bonchev–Trinajstić information content (AvgIpc) is 2.90. The van der Waals surface area contributed by atoms with Gasteiger partial charge in [-0.2, -0.15) is 6.42 Å². The molecule has 0 fully saturated rings. The maximum Gasteiger partial charge on any atom is 0.0824 e. The second-order valence-corrected chi connectivity index (χ2v) is 6.18. The van der Waals surface area contributed by atoms with Crippen molar-refractivity contribution in [2.75, 3.05) is 0 Å². The van der Waals surface area contributed by atoms with Gasteiger partial charge in [0.05, 0.1) is 12.3 Å². The topological polar surface area (TPSA) is 77.3 Å².